The van der Waals surface area contributed by atoms with Gasteiger partial charge in [0.05, 0.1) is 5.69 Å². The predicted octanol–water partition coefficient (Wildman–Crippen LogP) is 3.17. The summed E-state index contributed by atoms with van der Waals surface area (Å²) in [6.07, 6.45) is 6.87. The summed E-state index contributed by atoms with van der Waals surface area (Å²) in [7, 11) is 0. The average molecular weight is 237 g/mol. The maximum atomic E-state index is 4.59. The average Bonchev–Trinajstić information content (AvgIpc) is 2.75. The molecule has 98 valence electrons. The van der Waals surface area contributed by atoms with Crippen molar-refractivity contribution in [3.63, 3.8) is 0 Å². The predicted molar refractivity (Wildman–Crippen MR) is 73.3 cm³/mol. The van der Waals surface area contributed by atoms with Crippen molar-refractivity contribution in [2.45, 2.75) is 65.5 Å². The number of aryl methyl sites for hydroxylation is 1. The Balaban J connectivity index is 2.41. The monoisotopic (exact) mass is 237 g/mol. The van der Waals surface area contributed by atoms with Gasteiger partial charge in [0.1, 0.15) is 0 Å². The number of hydrogen-bond acceptors (Lipinski definition) is 2. The van der Waals surface area contributed by atoms with Crippen LogP contribution in [0.25, 0.3) is 0 Å². The molecule has 0 spiro atoms. The highest BCUT2D eigenvalue weighted by molar-refractivity contribution is 5.00. The number of hydrogen-bond donors (Lipinski definition) is 1. The van der Waals surface area contributed by atoms with Crippen molar-refractivity contribution >= 4 is 0 Å². The van der Waals surface area contributed by atoms with Crippen LogP contribution < -0.4 is 5.32 Å². The molecule has 1 atom stereocenters. The highest BCUT2D eigenvalue weighted by Crippen LogP contribution is 2.09. The maximum absolute atomic E-state index is 4.59. The molecule has 0 fully saturated rings. The fourth-order valence-corrected chi connectivity index (χ4v) is 2.11. The van der Waals surface area contributed by atoms with Gasteiger partial charge in [-0.05, 0) is 45.7 Å². The summed E-state index contributed by atoms with van der Waals surface area (Å²) in [5.41, 5.74) is 1.22. The summed E-state index contributed by atoms with van der Waals surface area (Å²) in [6.45, 7) is 9.81. The summed E-state index contributed by atoms with van der Waals surface area (Å²) in [5, 5.41) is 8.14. The zero-order chi connectivity index (χ0) is 12.7. The Labute approximate surface area is 106 Å². The van der Waals surface area contributed by atoms with E-state index in [1.807, 2.05) is 4.68 Å². The first-order valence-electron chi connectivity index (χ1n) is 6.94. The minimum absolute atomic E-state index is 0.462. The van der Waals surface area contributed by atoms with Crippen LogP contribution in [-0.4, -0.2) is 22.4 Å². The summed E-state index contributed by atoms with van der Waals surface area (Å²) in [4.78, 5) is 0. The molecule has 1 rings (SSSR count). The van der Waals surface area contributed by atoms with E-state index in [4.69, 9.17) is 0 Å². The number of nitrogens with zero attached hydrogens (tertiary/aromatic N) is 2. The second-order valence-corrected chi connectivity index (χ2v) is 4.96. The summed E-state index contributed by atoms with van der Waals surface area (Å²) < 4.78 is 2.04. The molecule has 1 unspecified atom stereocenters. The number of aromatic nitrogens is 2. The van der Waals surface area contributed by atoms with Gasteiger partial charge in [0.2, 0.25) is 0 Å². The minimum Gasteiger partial charge on any atom is -0.314 e. The van der Waals surface area contributed by atoms with Crippen molar-refractivity contribution in [2.75, 3.05) is 6.54 Å². The molecule has 1 heterocycles. The first-order valence-corrected chi connectivity index (χ1v) is 6.94. The van der Waals surface area contributed by atoms with Crippen LogP contribution in [0, 0.1) is 0 Å². The smallest absolute Gasteiger partial charge is 0.0625 e. The molecule has 0 radical (unpaired) electrons. The molecule has 0 bridgehead atoms. The molecule has 0 saturated carbocycles. The van der Waals surface area contributed by atoms with Gasteiger partial charge in [0.25, 0.3) is 0 Å². The lowest BCUT2D eigenvalue weighted by Gasteiger charge is -2.16. The molecule has 17 heavy (non-hydrogen) atoms. The zero-order valence-corrected chi connectivity index (χ0v) is 11.7. The van der Waals surface area contributed by atoms with Crippen LogP contribution in [0.1, 0.15) is 58.7 Å². The minimum atomic E-state index is 0.462. The van der Waals surface area contributed by atoms with E-state index in [9.17, 15) is 0 Å². The Kier molecular flexibility index (Phi) is 6.27. The lowest BCUT2D eigenvalue weighted by atomic mass is 10.1. The number of rotatable bonds is 8. The van der Waals surface area contributed by atoms with Crippen molar-refractivity contribution in [3.05, 3.63) is 18.0 Å². The van der Waals surface area contributed by atoms with Crippen LogP contribution >= 0.6 is 0 Å². The quantitative estimate of drug-likeness (QED) is 0.752. The van der Waals surface area contributed by atoms with Crippen molar-refractivity contribution in [2.24, 2.45) is 0 Å². The Morgan fingerprint density at radius 2 is 2.06 bits per heavy atom. The molecule has 0 aliphatic carbocycles. The molecule has 1 N–H and O–H groups in total. The van der Waals surface area contributed by atoms with Gasteiger partial charge in [-0.25, -0.2) is 0 Å². The van der Waals surface area contributed by atoms with E-state index in [1.165, 1.54) is 25.0 Å². The highest BCUT2D eigenvalue weighted by Gasteiger charge is 2.08. The second-order valence-electron chi connectivity index (χ2n) is 4.96. The fourth-order valence-electron chi connectivity index (χ4n) is 2.11. The van der Waals surface area contributed by atoms with Crippen LogP contribution in [0.4, 0.5) is 0 Å². The summed E-state index contributed by atoms with van der Waals surface area (Å²) in [5.74, 6) is 0. The van der Waals surface area contributed by atoms with E-state index in [0.717, 1.165) is 13.0 Å². The molecule has 0 aliphatic rings. The molecule has 1 aromatic rings. The molecule has 1 aromatic heterocycles. The van der Waals surface area contributed by atoms with Gasteiger partial charge in [0, 0.05) is 18.3 Å². The van der Waals surface area contributed by atoms with Gasteiger partial charge in [-0.15, -0.1) is 0 Å². The van der Waals surface area contributed by atoms with Crippen molar-refractivity contribution in [3.8, 4) is 0 Å². The topological polar surface area (TPSA) is 29.9 Å². The standard InChI is InChI=1S/C14H27N3/c1-5-7-13(15-6-2)8-9-14-10-11-17(16-14)12(3)4/h10-13,15H,5-9H2,1-4H3. The maximum Gasteiger partial charge on any atom is 0.0625 e. The first-order chi connectivity index (χ1) is 8.17. The van der Waals surface area contributed by atoms with Crippen LogP contribution in [0.5, 0.6) is 0 Å². The Morgan fingerprint density at radius 1 is 1.29 bits per heavy atom. The normalized spacial score (nSPS) is 13.2. The van der Waals surface area contributed by atoms with Crippen LogP contribution in [-0.2, 0) is 6.42 Å². The lowest BCUT2D eigenvalue weighted by molar-refractivity contribution is 0.454. The van der Waals surface area contributed by atoms with E-state index in [0.29, 0.717) is 12.1 Å². The van der Waals surface area contributed by atoms with E-state index in [2.05, 4.69) is 50.4 Å². The van der Waals surface area contributed by atoms with Gasteiger partial charge >= 0.3 is 0 Å². The van der Waals surface area contributed by atoms with Crippen LogP contribution in [0.15, 0.2) is 12.3 Å². The summed E-state index contributed by atoms with van der Waals surface area (Å²) >= 11 is 0. The van der Waals surface area contributed by atoms with E-state index in [1.54, 1.807) is 0 Å². The Bertz CT molecular complexity index is 298. The van der Waals surface area contributed by atoms with Crippen LogP contribution in [0.3, 0.4) is 0 Å². The third-order valence-corrected chi connectivity index (χ3v) is 3.07. The van der Waals surface area contributed by atoms with Crippen molar-refractivity contribution in [1.82, 2.24) is 15.1 Å². The molecule has 3 nitrogen and oxygen atoms in total. The van der Waals surface area contributed by atoms with E-state index in [-0.39, 0.29) is 0 Å². The van der Waals surface area contributed by atoms with Gasteiger partial charge in [-0.1, -0.05) is 20.3 Å². The SMILES string of the molecule is CCCC(CCc1ccn(C(C)C)n1)NCC. The lowest BCUT2D eigenvalue weighted by Crippen LogP contribution is -2.29. The largest absolute Gasteiger partial charge is 0.314 e. The second kappa shape index (κ2) is 7.49. The third-order valence-electron chi connectivity index (χ3n) is 3.07. The third kappa shape index (κ3) is 4.90. The van der Waals surface area contributed by atoms with Crippen molar-refractivity contribution < 1.29 is 0 Å². The van der Waals surface area contributed by atoms with Crippen molar-refractivity contribution in [1.29, 1.82) is 0 Å². The highest BCUT2D eigenvalue weighted by atomic mass is 15.3. The van der Waals surface area contributed by atoms with E-state index >= 15 is 0 Å². The number of nitrogens with one attached hydrogen (secondary N) is 1. The Hall–Kier alpha value is -0.830. The molecule has 0 aromatic carbocycles. The molecule has 3 heteroatoms. The molecule has 0 aliphatic heterocycles. The fraction of sp³-hybridized carbons (Fsp3) is 0.786. The van der Waals surface area contributed by atoms with Crippen LogP contribution in [0.2, 0.25) is 0 Å². The zero-order valence-electron chi connectivity index (χ0n) is 11.7. The molecule has 0 amide bonds. The van der Waals surface area contributed by atoms with Gasteiger partial charge in [0.15, 0.2) is 0 Å². The summed E-state index contributed by atoms with van der Waals surface area (Å²) in [6, 6.07) is 3.26. The van der Waals surface area contributed by atoms with Gasteiger partial charge in [-0.2, -0.15) is 5.10 Å². The van der Waals surface area contributed by atoms with Gasteiger partial charge < -0.3 is 5.32 Å². The van der Waals surface area contributed by atoms with E-state index < -0.39 is 0 Å². The molecular formula is C14H27N3. The molecule has 0 saturated heterocycles. The Morgan fingerprint density at radius 3 is 2.59 bits per heavy atom. The first kappa shape index (κ1) is 14.2. The molecular weight excluding hydrogens is 210 g/mol. The van der Waals surface area contributed by atoms with Gasteiger partial charge in [-0.3, -0.25) is 4.68 Å².